The molecule has 2 aliphatic heterocycles. The molecule has 0 unspecified atom stereocenters. The molecule has 0 aliphatic carbocycles. The lowest BCUT2D eigenvalue weighted by Crippen LogP contribution is -2.40. The van der Waals surface area contributed by atoms with Crippen molar-refractivity contribution >= 4 is 17.5 Å². The number of anilines is 1. The van der Waals surface area contributed by atoms with Crippen LogP contribution >= 0.6 is 0 Å². The Balaban J connectivity index is 1.34. The maximum Gasteiger partial charge on any atom is 0.253 e. The average molecular weight is 440 g/mol. The van der Waals surface area contributed by atoms with Crippen LogP contribution in [-0.4, -0.2) is 49.1 Å². The fraction of sp³-hybridized carbons (Fsp3) is 0.440. The van der Waals surface area contributed by atoms with E-state index >= 15 is 0 Å². The zero-order valence-electron chi connectivity index (χ0n) is 18.2. The first-order valence-corrected chi connectivity index (χ1v) is 11.3. The number of nitrogens with one attached hydrogen (secondary N) is 2. The van der Waals surface area contributed by atoms with Gasteiger partial charge in [-0.25, -0.2) is 4.39 Å². The van der Waals surface area contributed by atoms with E-state index in [2.05, 4.69) is 15.5 Å². The summed E-state index contributed by atoms with van der Waals surface area (Å²) < 4.78 is 18.7. The highest BCUT2D eigenvalue weighted by molar-refractivity contribution is 6.04. The topological polar surface area (TPSA) is 70.7 Å². The molecule has 0 bridgehead atoms. The summed E-state index contributed by atoms with van der Waals surface area (Å²) in [5, 5.41) is 5.90. The van der Waals surface area contributed by atoms with Crippen molar-refractivity contribution in [3.63, 3.8) is 0 Å². The second kappa shape index (κ2) is 10.7. The van der Waals surface area contributed by atoms with Crippen molar-refractivity contribution < 1.29 is 18.7 Å². The summed E-state index contributed by atoms with van der Waals surface area (Å²) in [6.45, 7) is 3.45. The minimum absolute atomic E-state index is 0.0648. The fourth-order valence-electron chi connectivity index (χ4n) is 4.39. The molecule has 2 N–H and O–H groups in total. The Kier molecular flexibility index (Phi) is 7.50. The third-order valence-electron chi connectivity index (χ3n) is 6.14. The van der Waals surface area contributed by atoms with Crippen LogP contribution in [0.5, 0.6) is 0 Å². The standard InChI is InChI=1S/C25H30FN3O3/c26-20-11-9-18(10-12-20)16-29-13-3-5-19(17-29)24(30)28-23-8-2-1-7-22(23)25(31)27-15-21-6-4-14-32-21/h1-2,7-12,19,21H,3-6,13-17H2,(H,27,31)(H,28,30)/t19-,21+/m0/s1. The summed E-state index contributed by atoms with van der Waals surface area (Å²) in [7, 11) is 0. The van der Waals surface area contributed by atoms with Crippen LogP contribution in [0.3, 0.4) is 0 Å². The van der Waals surface area contributed by atoms with Crippen molar-refractivity contribution in [2.24, 2.45) is 5.92 Å². The normalized spacial score (nSPS) is 21.3. The van der Waals surface area contributed by atoms with Gasteiger partial charge in [0.1, 0.15) is 5.82 Å². The van der Waals surface area contributed by atoms with E-state index in [-0.39, 0.29) is 29.7 Å². The second-order valence-electron chi connectivity index (χ2n) is 8.58. The molecule has 6 nitrogen and oxygen atoms in total. The number of amides is 2. The molecule has 2 saturated heterocycles. The number of carbonyl (C=O) groups is 2. The van der Waals surface area contributed by atoms with Crippen LogP contribution in [0.25, 0.3) is 0 Å². The molecule has 2 aromatic carbocycles. The Bertz CT molecular complexity index is 928. The molecule has 0 saturated carbocycles. The number of halogens is 1. The summed E-state index contributed by atoms with van der Waals surface area (Å²) in [6.07, 6.45) is 3.76. The van der Waals surface area contributed by atoms with Crippen molar-refractivity contribution in [3.05, 3.63) is 65.5 Å². The zero-order chi connectivity index (χ0) is 22.3. The third-order valence-corrected chi connectivity index (χ3v) is 6.14. The largest absolute Gasteiger partial charge is 0.376 e. The summed E-state index contributed by atoms with van der Waals surface area (Å²) in [5.74, 6) is -0.693. The molecule has 2 aliphatic rings. The number of ether oxygens (including phenoxy) is 1. The Morgan fingerprint density at radius 2 is 1.88 bits per heavy atom. The minimum Gasteiger partial charge on any atom is -0.376 e. The molecule has 2 aromatic rings. The van der Waals surface area contributed by atoms with Gasteiger partial charge in [0, 0.05) is 26.2 Å². The lowest BCUT2D eigenvalue weighted by Gasteiger charge is -2.32. The van der Waals surface area contributed by atoms with Gasteiger partial charge >= 0.3 is 0 Å². The van der Waals surface area contributed by atoms with Gasteiger partial charge in [-0.15, -0.1) is 0 Å². The number of hydrogen-bond donors (Lipinski definition) is 2. The highest BCUT2D eigenvalue weighted by atomic mass is 19.1. The third kappa shape index (κ3) is 5.93. The van der Waals surface area contributed by atoms with Gasteiger partial charge in [0.15, 0.2) is 0 Å². The van der Waals surface area contributed by atoms with Crippen molar-refractivity contribution in [3.8, 4) is 0 Å². The smallest absolute Gasteiger partial charge is 0.253 e. The Morgan fingerprint density at radius 3 is 2.66 bits per heavy atom. The van der Waals surface area contributed by atoms with Gasteiger partial charge < -0.3 is 15.4 Å². The zero-order valence-corrected chi connectivity index (χ0v) is 18.2. The predicted molar refractivity (Wildman–Crippen MR) is 121 cm³/mol. The van der Waals surface area contributed by atoms with Crippen LogP contribution in [0.4, 0.5) is 10.1 Å². The van der Waals surface area contributed by atoms with Crippen LogP contribution in [0.2, 0.25) is 0 Å². The van der Waals surface area contributed by atoms with Gasteiger partial charge in [0.25, 0.3) is 5.91 Å². The van der Waals surface area contributed by atoms with E-state index in [0.717, 1.165) is 44.4 Å². The lowest BCUT2D eigenvalue weighted by molar-refractivity contribution is -0.121. The monoisotopic (exact) mass is 439 g/mol. The number of rotatable bonds is 7. The van der Waals surface area contributed by atoms with Crippen LogP contribution in [0.1, 0.15) is 41.6 Å². The molecule has 0 spiro atoms. The van der Waals surface area contributed by atoms with Crippen LogP contribution < -0.4 is 10.6 Å². The van der Waals surface area contributed by atoms with Crippen molar-refractivity contribution in [2.75, 3.05) is 31.6 Å². The molecule has 0 radical (unpaired) electrons. The van der Waals surface area contributed by atoms with E-state index in [1.165, 1.54) is 12.1 Å². The Morgan fingerprint density at radius 1 is 1.06 bits per heavy atom. The highest BCUT2D eigenvalue weighted by Gasteiger charge is 2.27. The predicted octanol–water partition coefficient (Wildman–Crippen LogP) is 3.59. The number of hydrogen-bond acceptors (Lipinski definition) is 4. The van der Waals surface area contributed by atoms with Crippen molar-refractivity contribution in [1.29, 1.82) is 0 Å². The highest BCUT2D eigenvalue weighted by Crippen LogP contribution is 2.22. The molecule has 2 amide bonds. The van der Waals surface area contributed by atoms with E-state index in [4.69, 9.17) is 4.74 Å². The van der Waals surface area contributed by atoms with Crippen molar-refractivity contribution in [1.82, 2.24) is 10.2 Å². The van der Waals surface area contributed by atoms with Gasteiger partial charge in [0.2, 0.25) is 5.91 Å². The number of likely N-dealkylation sites (tertiary alicyclic amines) is 1. The van der Waals surface area contributed by atoms with E-state index in [1.807, 2.05) is 6.07 Å². The van der Waals surface area contributed by atoms with E-state index in [9.17, 15) is 14.0 Å². The van der Waals surface area contributed by atoms with Crippen LogP contribution in [-0.2, 0) is 16.1 Å². The van der Waals surface area contributed by atoms with Gasteiger partial charge in [-0.3, -0.25) is 14.5 Å². The van der Waals surface area contributed by atoms with Crippen LogP contribution in [0, 0.1) is 11.7 Å². The number of carbonyl (C=O) groups excluding carboxylic acids is 2. The average Bonchev–Trinajstić information content (AvgIpc) is 3.33. The molecule has 32 heavy (non-hydrogen) atoms. The van der Waals surface area contributed by atoms with E-state index < -0.39 is 0 Å². The fourth-order valence-corrected chi connectivity index (χ4v) is 4.39. The van der Waals surface area contributed by atoms with Gasteiger partial charge in [-0.1, -0.05) is 24.3 Å². The molecule has 2 heterocycles. The molecule has 2 atom stereocenters. The Hall–Kier alpha value is -2.77. The molecule has 4 rings (SSSR count). The molecular weight excluding hydrogens is 409 g/mol. The number of piperidine rings is 1. The summed E-state index contributed by atoms with van der Waals surface area (Å²) in [6, 6.07) is 13.6. The van der Waals surface area contributed by atoms with Gasteiger partial charge in [0.05, 0.1) is 23.3 Å². The molecule has 7 heteroatoms. The molecular formula is C25H30FN3O3. The number of para-hydroxylation sites is 1. The quantitative estimate of drug-likeness (QED) is 0.692. The minimum atomic E-state index is -0.247. The Labute approximate surface area is 188 Å². The molecule has 170 valence electrons. The number of benzene rings is 2. The first-order valence-electron chi connectivity index (χ1n) is 11.3. The van der Waals surface area contributed by atoms with Gasteiger partial charge in [-0.05, 0) is 62.1 Å². The van der Waals surface area contributed by atoms with Crippen LogP contribution in [0.15, 0.2) is 48.5 Å². The first kappa shape index (κ1) is 22.4. The number of nitrogens with zero attached hydrogens (tertiary/aromatic N) is 1. The molecule has 2 fully saturated rings. The van der Waals surface area contributed by atoms with Gasteiger partial charge in [-0.2, -0.15) is 0 Å². The van der Waals surface area contributed by atoms with Crippen molar-refractivity contribution in [2.45, 2.75) is 38.3 Å². The lowest BCUT2D eigenvalue weighted by atomic mass is 9.96. The first-order chi connectivity index (χ1) is 15.6. The summed E-state index contributed by atoms with van der Waals surface area (Å²) in [5.41, 5.74) is 2.01. The summed E-state index contributed by atoms with van der Waals surface area (Å²) >= 11 is 0. The second-order valence-corrected chi connectivity index (χ2v) is 8.58. The van der Waals surface area contributed by atoms with E-state index in [1.54, 1.807) is 30.3 Å². The van der Waals surface area contributed by atoms with E-state index in [0.29, 0.717) is 30.9 Å². The molecule has 0 aromatic heterocycles. The maximum atomic E-state index is 13.2. The maximum absolute atomic E-state index is 13.2. The summed E-state index contributed by atoms with van der Waals surface area (Å²) in [4.78, 5) is 27.9. The SMILES string of the molecule is O=C(NC[C@H]1CCCO1)c1ccccc1NC(=O)[C@H]1CCCN(Cc2ccc(F)cc2)C1.